The predicted molar refractivity (Wildman–Crippen MR) is 130 cm³/mol. The van der Waals surface area contributed by atoms with Gasteiger partial charge in [-0.3, -0.25) is 30.3 Å². The van der Waals surface area contributed by atoms with Crippen molar-refractivity contribution in [1.82, 2.24) is 20.9 Å². The zero-order valence-corrected chi connectivity index (χ0v) is 20.8. The number of nitrogens with one attached hydrogen (secondary N) is 3. The Morgan fingerprint density at radius 1 is 1.21 bits per heavy atom. The minimum Gasteiger partial charge on any atom is -0.370 e. The topological polar surface area (TPSA) is 198 Å². The highest BCUT2D eigenvalue weighted by Gasteiger charge is 2.75. The van der Waals surface area contributed by atoms with Crippen LogP contribution >= 0.6 is 0 Å². The van der Waals surface area contributed by atoms with Crippen molar-refractivity contribution >= 4 is 29.6 Å². The maximum atomic E-state index is 14.5. The minimum atomic E-state index is -3.06. The summed E-state index contributed by atoms with van der Waals surface area (Å²) in [7, 11) is 0. The van der Waals surface area contributed by atoms with E-state index in [0.29, 0.717) is 0 Å². The van der Waals surface area contributed by atoms with Gasteiger partial charge in [0.25, 0.3) is 11.8 Å². The standard InChI is InChI=1S/C24H28F2N8O5/c25-22(26)8-2-4-11-12(3-1-5-13(11)22)19(37)30-15-10-34-21(28)29-14(9-33-16(35)6-7-17(33)36)18-23(34,24(15,38)39)32-20(27)31-18/h1,3,5,14-15,18,38-39H,2,4,6-10H2,(H6,27,28,29,30,31,32,37)/p+1/t14-,15?,18-,23-/m0/s1. The number of hydrogen-bond acceptors (Lipinski definition) is 10. The summed E-state index contributed by atoms with van der Waals surface area (Å²) in [6.45, 7) is -0.349. The van der Waals surface area contributed by atoms with E-state index in [0.717, 1.165) is 4.90 Å². The highest BCUT2D eigenvalue weighted by Crippen LogP contribution is 2.43. The Balaban J connectivity index is 1.32. The zero-order valence-electron chi connectivity index (χ0n) is 20.8. The lowest BCUT2D eigenvalue weighted by Crippen LogP contribution is -2.79. The summed E-state index contributed by atoms with van der Waals surface area (Å²) in [5.41, 5.74) is 10.4. The molecule has 9 N–H and O–H groups in total. The first kappa shape index (κ1) is 25.4. The van der Waals surface area contributed by atoms with E-state index in [2.05, 4.69) is 20.9 Å². The molecule has 0 bridgehead atoms. The van der Waals surface area contributed by atoms with Crippen LogP contribution in [0.1, 0.15) is 47.2 Å². The largest absolute Gasteiger partial charge is 0.370 e. The number of halogens is 2. The summed E-state index contributed by atoms with van der Waals surface area (Å²) in [6, 6.07) is 0.844. The Hall–Kier alpha value is -3.85. The normalized spacial score (nSPS) is 32.2. The molecule has 1 aliphatic carbocycles. The summed E-state index contributed by atoms with van der Waals surface area (Å²) in [6.07, 6.45) is 0.325. The number of carbonyl (C=O) groups is 3. The molecular weight excluding hydrogens is 518 g/mol. The van der Waals surface area contributed by atoms with Gasteiger partial charge in [-0.25, -0.2) is 18.3 Å². The molecule has 1 spiro atoms. The monoisotopic (exact) mass is 547 g/mol. The quantitative estimate of drug-likeness (QED) is 0.119. The minimum absolute atomic E-state index is 0.0197. The van der Waals surface area contributed by atoms with E-state index < -0.39 is 41.4 Å². The van der Waals surface area contributed by atoms with Crippen LogP contribution in [0.5, 0.6) is 0 Å². The van der Waals surface area contributed by atoms with Crippen LogP contribution in [0.15, 0.2) is 23.2 Å². The molecule has 0 aromatic heterocycles. The van der Waals surface area contributed by atoms with Gasteiger partial charge in [0, 0.05) is 30.4 Å². The van der Waals surface area contributed by atoms with E-state index in [4.69, 9.17) is 11.5 Å². The van der Waals surface area contributed by atoms with E-state index >= 15 is 0 Å². The number of benzene rings is 1. The molecule has 39 heavy (non-hydrogen) atoms. The fraction of sp³-hybridized carbons (Fsp3) is 0.542. The molecule has 4 atom stereocenters. The van der Waals surface area contributed by atoms with Gasteiger partial charge in [0.05, 0.1) is 13.1 Å². The average Bonchev–Trinajstić information content (AvgIpc) is 3.46. The molecule has 0 saturated carbocycles. The van der Waals surface area contributed by atoms with E-state index in [9.17, 15) is 33.4 Å². The van der Waals surface area contributed by atoms with Crippen LogP contribution < -0.4 is 27.4 Å². The number of carbonyl (C=O) groups excluding carboxylic acids is 3. The molecule has 15 heteroatoms. The number of alkyl halides is 2. The lowest BCUT2D eigenvalue weighted by molar-refractivity contribution is -0.623. The van der Waals surface area contributed by atoms with Crippen LogP contribution in [-0.4, -0.2) is 92.0 Å². The van der Waals surface area contributed by atoms with Crippen LogP contribution in [0.3, 0.4) is 0 Å². The van der Waals surface area contributed by atoms with Gasteiger partial charge in [-0.15, -0.1) is 0 Å². The van der Waals surface area contributed by atoms with Gasteiger partial charge in [-0.05, 0) is 24.5 Å². The maximum Gasteiger partial charge on any atom is 0.346 e. The smallest absolute Gasteiger partial charge is 0.346 e. The number of fused-ring (bicyclic) bond motifs is 1. The first-order chi connectivity index (χ1) is 18.4. The van der Waals surface area contributed by atoms with Crippen LogP contribution in [0.25, 0.3) is 0 Å². The van der Waals surface area contributed by atoms with Crippen molar-refractivity contribution in [2.45, 2.75) is 67.6 Å². The third-order valence-electron chi connectivity index (χ3n) is 8.44. The Bertz CT molecular complexity index is 1350. The summed E-state index contributed by atoms with van der Waals surface area (Å²) in [4.78, 5) is 43.3. The van der Waals surface area contributed by atoms with Crippen molar-refractivity contribution in [2.24, 2.45) is 16.5 Å². The first-order valence-corrected chi connectivity index (χ1v) is 12.7. The van der Waals surface area contributed by atoms with Crippen molar-refractivity contribution in [3.8, 4) is 0 Å². The van der Waals surface area contributed by atoms with Crippen molar-refractivity contribution in [2.75, 3.05) is 13.1 Å². The number of aliphatic hydroxyl groups is 2. The molecule has 0 radical (unpaired) electrons. The number of likely N-dealkylation sites (tertiary alicyclic amines) is 1. The molecule has 5 aliphatic rings. The SMILES string of the molecule is NC1=N[C@H]2[C@H](CN3C(=O)CCC3=O)NC(N)=[N+]3CC(NC(=O)c4cccc5c4CCCC5(F)F)C(O)(O)[C@]23N1. The molecule has 4 aliphatic heterocycles. The fourth-order valence-corrected chi connectivity index (χ4v) is 6.60. The van der Waals surface area contributed by atoms with Gasteiger partial charge in [-0.2, -0.15) is 0 Å². The van der Waals surface area contributed by atoms with Crippen molar-refractivity contribution in [3.05, 3.63) is 34.9 Å². The highest BCUT2D eigenvalue weighted by atomic mass is 19.3. The van der Waals surface area contributed by atoms with Gasteiger partial charge in [0.2, 0.25) is 23.3 Å². The van der Waals surface area contributed by atoms with Crippen molar-refractivity contribution in [1.29, 1.82) is 0 Å². The molecular formula is C24H29F2N8O5+. The summed E-state index contributed by atoms with van der Waals surface area (Å²) < 4.78 is 30.4. The van der Waals surface area contributed by atoms with E-state index in [1.54, 1.807) is 0 Å². The van der Waals surface area contributed by atoms with Crippen LogP contribution in [0.2, 0.25) is 0 Å². The lowest BCUT2D eigenvalue weighted by Gasteiger charge is -2.44. The second kappa shape index (κ2) is 8.32. The average molecular weight is 548 g/mol. The van der Waals surface area contributed by atoms with Crippen LogP contribution in [0, 0.1) is 0 Å². The molecule has 2 saturated heterocycles. The van der Waals surface area contributed by atoms with E-state index in [1.807, 2.05) is 0 Å². The van der Waals surface area contributed by atoms with Gasteiger partial charge in [0.15, 0.2) is 5.96 Å². The molecule has 1 unspecified atom stereocenters. The number of guanidine groups is 2. The predicted octanol–water partition coefficient (Wildman–Crippen LogP) is -2.66. The number of hydrogen-bond donors (Lipinski definition) is 7. The third kappa shape index (κ3) is 3.52. The molecule has 208 valence electrons. The molecule has 3 amide bonds. The van der Waals surface area contributed by atoms with E-state index in [1.165, 1.54) is 22.8 Å². The Labute approximate surface area is 220 Å². The van der Waals surface area contributed by atoms with Crippen molar-refractivity contribution in [3.63, 3.8) is 0 Å². The number of imide groups is 1. The number of amides is 3. The third-order valence-corrected chi connectivity index (χ3v) is 8.44. The van der Waals surface area contributed by atoms with Crippen LogP contribution in [0.4, 0.5) is 8.78 Å². The number of rotatable bonds is 4. The number of aliphatic imine (C=N–C) groups is 1. The zero-order chi connectivity index (χ0) is 27.9. The van der Waals surface area contributed by atoms with Crippen LogP contribution in [-0.2, 0) is 21.9 Å². The Morgan fingerprint density at radius 2 is 1.92 bits per heavy atom. The Morgan fingerprint density at radius 3 is 2.64 bits per heavy atom. The highest BCUT2D eigenvalue weighted by molar-refractivity contribution is 6.02. The second-order valence-electron chi connectivity index (χ2n) is 10.6. The second-order valence-corrected chi connectivity index (χ2v) is 10.6. The lowest BCUT2D eigenvalue weighted by atomic mass is 9.84. The molecule has 2 fully saturated rings. The van der Waals surface area contributed by atoms with E-state index in [-0.39, 0.29) is 85.6 Å². The summed E-state index contributed by atoms with van der Waals surface area (Å²) in [5, 5.41) is 31.6. The van der Waals surface area contributed by atoms with Gasteiger partial charge in [0.1, 0.15) is 18.1 Å². The maximum absolute atomic E-state index is 14.5. The number of nitrogens with zero attached hydrogens (tertiary/aromatic N) is 3. The Kier molecular flexibility index (Phi) is 5.43. The van der Waals surface area contributed by atoms with Gasteiger partial charge >= 0.3 is 5.96 Å². The molecule has 13 nitrogen and oxygen atoms in total. The molecule has 6 rings (SSSR count). The molecule has 1 aromatic rings. The summed E-state index contributed by atoms with van der Waals surface area (Å²) in [5.74, 6) is -7.44. The van der Waals surface area contributed by atoms with Crippen molar-refractivity contribution < 1.29 is 38.0 Å². The first-order valence-electron chi connectivity index (χ1n) is 12.7. The summed E-state index contributed by atoms with van der Waals surface area (Å²) >= 11 is 0. The van der Waals surface area contributed by atoms with Gasteiger partial charge in [-0.1, -0.05) is 12.1 Å². The molecule has 1 aromatic carbocycles. The van der Waals surface area contributed by atoms with Gasteiger partial charge < -0.3 is 26.6 Å². The fourth-order valence-electron chi connectivity index (χ4n) is 6.60. The number of nitrogens with two attached hydrogens (primary N) is 2. The molecule has 4 heterocycles.